The lowest BCUT2D eigenvalue weighted by atomic mass is 10.0. The first kappa shape index (κ1) is 13.9. The number of nitrogens with one attached hydrogen (secondary N) is 1. The molecule has 0 radical (unpaired) electrons. The fourth-order valence-corrected chi connectivity index (χ4v) is 3.69. The normalized spacial score (nSPS) is 14.8. The smallest absolute Gasteiger partial charge is 0.0489 e. The van der Waals surface area contributed by atoms with Crippen LogP contribution in [-0.2, 0) is 13.0 Å². The van der Waals surface area contributed by atoms with Crippen molar-refractivity contribution in [2.45, 2.75) is 17.9 Å². The Morgan fingerprint density at radius 1 is 0.955 bits per heavy atom. The lowest BCUT2D eigenvalue weighted by molar-refractivity contribution is 0.658. The molecule has 1 N–H and O–H groups in total. The number of hydrogen-bond donors (Lipinski definition) is 1. The van der Waals surface area contributed by atoms with Crippen LogP contribution in [0.3, 0.4) is 0 Å². The number of fused-ring (bicyclic) bond motifs is 3. The van der Waals surface area contributed by atoms with Gasteiger partial charge in [0.1, 0.15) is 0 Å². The van der Waals surface area contributed by atoms with Gasteiger partial charge in [0.15, 0.2) is 0 Å². The Bertz CT molecular complexity index is 802. The van der Waals surface area contributed by atoms with E-state index >= 15 is 0 Å². The third-order valence-corrected chi connectivity index (χ3v) is 5.23. The summed E-state index contributed by atoms with van der Waals surface area (Å²) in [6, 6.07) is 18.1. The van der Waals surface area contributed by atoms with Crippen LogP contribution in [0.25, 0.3) is 22.0 Å². The van der Waals surface area contributed by atoms with Crippen LogP contribution in [0, 0.1) is 0 Å². The third kappa shape index (κ3) is 2.44. The summed E-state index contributed by atoms with van der Waals surface area (Å²) in [7, 11) is 0. The zero-order chi connectivity index (χ0) is 14.9. The van der Waals surface area contributed by atoms with E-state index in [1.165, 1.54) is 32.6 Å². The van der Waals surface area contributed by atoms with Gasteiger partial charge in [0.05, 0.1) is 0 Å². The SMILES string of the molecule is CSc1ccc(-c2ccc3cc4n(c3c2)CCNCC4)cc1. The Labute approximate surface area is 135 Å². The number of benzene rings is 2. The Morgan fingerprint density at radius 3 is 2.59 bits per heavy atom. The molecule has 3 aromatic rings. The number of nitrogens with zero attached hydrogens (tertiary/aromatic N) is 1. The van der Waals surface area contributed by atoms with Gasteiger partial charge in [0.25, 0.3) is 0 Å². The van der Waals surface area contributed by atoms with Crippen molar-refractivity contribution in [2.75, 3.05) is 19.3 Å². The van der Waals surface area contributed by atoms with Crippen LogP contribution in [0.2, 0.25) is 0 Å². The maximum atomic E-state index is 3.48. The standard InChI is InChI=1S/C19H20N2S/c1-22-18-6-4-14(5-7-18)15-2-3-16-12-17-8-9-20-10-11-21(17)19(16)13-15/h2-7,12-13,20H,8-11H2,1H3. The van der Waals surface area contributed by atoms with Crippen molar-refractivity contribution in [1.82, 2.24) is 9.88 Å². The summed E-state index contributed by atoms with van der Waals surface area (Å²) in [4.78, 5) is 1.31. The molecule has 1 aromatic heterocycles. The van der Waals surface area contributed by atoms with E-state index < -0.39 is 0 Å². The number of hydrogen-bond acceptors (Lipinski definition) is 2. The predicted octanol–water partition coefficient (Wildman–Crippen LogP) is 4.18. The van der Waals surface area contributed by atoms with Gasteiger partial charge in [0.2, 0.25) is 0 Å². The van der Waals surface area contributed by atoms with E-state index in [-0.39, 0.29) is 0 Å². The van der Waals surface area contributed by atoms with Crippen molar-refractivity contribution in [1.29, 1.82) is 0 Å². The molecule has 22 heavy (non-hydrogen) atoms. The summed E-state index contributed by atoms with van der Waals surface area (Å²) in [6.45, 7) is 3.20. The van der Waals surface area contributed by atoms with Crippen LogP contribution in [0.5, 0.6) is 0 Å². The molecule has 2 nitrogen and oxygen atoms in total. The summed E-state index contributed by atoms with van der Waals surface area (Å²) >= 11 is 1.79. The summed E-state index contributed by atoms with van der Waals surface area (Å²) < 4.78 is 2.48. The first-order chi connectivity index (χ1) is 10.8. The van der Waals surface area contributed by atoms with Crippen LogP contribution in [0.1, 0.15) is 5.69 Å². The topological polar surface area (TPSA) is 17.0 Å². The van der Waals surface area contributed by atoms with Crippen molar-refractivity contribution in [2.24, 2.45) is 0 Å². The number of thioether (sulfide) groups is 1. The van der Waals surface area contributed by atoms with Crippen molar-refractivity contribution in [3.05, 3.63) is 54.2 Å². The van der Waals surface area contributed by atoms with Crippen molar-refractivity contribution in [3.8, 4) is 11.1 Å². The monoisotopic (exact) mass is 308 g/mol. The minimum absolute atomic E-state index is 1.06. The fourth-order valence-electron chi connectivity index (χ4n) is 3.28. The highest BCUT2D eigenvalue weighted by Gasteiger charge is 2.12. The van der Waals surface area contributed by atoms with Crippen LogP contribution < -0.4 is 5.32 Å². The minimum Gasteiger partial charge on any atom is -0.343 e. The molecular formula is C19H20N2S. The van der Waals surface area contributed by atoms with Gasteiger partial charge in [-0.15, -0.1) is 11.8 Å². The maximum absolute atomic E-state index is 3.48. The lowest BCUT2D eigenvalue weighted by Crippen LogP contribution is -2.17. The van der Waals surface area contributed by atoms with Gasteiger partial charge >= 0.3 is 0 Å². The average Bonchev–Trinajstić information content (AvgIpc) is 2.75. The molecule has 2 aromatic carbocycles. The molecule has 0 bridgehead atoms. The Kier molecular flexibility index (Phi) is 3.68. The highest BCUT2D eigenvalue weighted by molar-refractivity contribution is 7.98. The van der Waals surface area contributed by atoms with E-state index in [1.54, 1.807) is 11.8 Å². The molecule has 2 heterocycles. The van der Waals surface area contributed by atoms with E-state index in [0.717, 1.165) is 26.1 Å². The predicted molar refractivity (Wildman–Crippen MR) is 95.7 cm³/mol. The highest BCUT2D eigenvalue weighted by atomic mass is 32.2. The molecule has 4 rings (SSSR count). The van der Waals surface area contributed by atoms with Gasteiger partial charge in [0, 0.05) is 42.2 Å². The number of rotatable bonds is 2. The first-order valence-electron chi connectivity index (χ1n) is 7.82. The van der Waals surface area contributed by atoms with Gasteiger partial charge in [-0.2, -0.15) is 0 Å². The molecule has 112 valence electrons. The Morgan fingerprint density at radius 2 is 1.77 bits per heavy atom. The molecule has 0 unspecified atom stereocenters. The molecule has 0 aliphatic carbocycles. The fraction of sp³-hybridized carbons (Fsp3) is 0.263. The van der Waals surface area contributed by atoms with E-state index in [2.05, 4.69) is 64.7 Å². The molecule has 3 heteroatoms. The largest absolute Gasteiger partial charge is 0.343 e. The molecule has 0 atom stereocenters. The summed E-state index contributed by atoms with van der Waals surface area (Å²) in [5.41, 5.74) is 5.42. The second kappa shape index (κ2) is 5.82. The van der Waals surface area contributed by atoms with Crippen LogP contribution in [0.4, 0.5) is 0 Å². The molecule has 1 aliphatic rings. The van der Waals surface area contributed by atoms with Crippen LogP contribution >= 0.6 is 11.8 Å². The molecule has 0 spiro atoms. The zero-order valence-electron chi connectivity index (χ0n) is 12.8. The minimum atomic E-state index is 1.06. The highest BCUT2D eigenvalue weighted by Crippen LogP contribution is 2.28. The van der Waals surface area contributed by atoms with Gasteiger partial charge in [-0.1, -0.05) is 24.3 Å². The summed E-state index contributed by atoms with van der Waals surface area (Å²) in [5, 5.41) is 4.84. The van der Waals surface area contributed by atoms with Crippen molar-refractivity contribution < 1.29 is 0 Å². The van der Waals surface area contributed by atoms with Crippen LogP contribution in [-0.4, -0.2) is 23.9 Å². The quantitative estimate of drug-likeness (QED) is 0.715. The van der Waals surface area contributed by atoms with Crippen molar-refractivity contribution in [3.63, 3.8) is 0 Å². The van der Waals surface area contributed by atoms with Gasteiger partial charge in [-0.05, 0) is 47.0 Å². The summed E-state index contributed by atoms with van der Waals surface area (Å²) in [6.07, 6.45) is 3.23. The van der Waals surface area contributed by atoms with E-state index in [9.17, 15) is 0 Å². The molecule has 0 amide bonds. The molecule has 0 fully saturated rings. The summed E-state index contributed by atoms with van der Waals surface area (Å²) in [5.74, 6) is 0. The molecule has 1 aliphatic heterocycles. The molecule has 0 saturated carbocycles. The molecule has 0 saturated heterocycles. The van der Waals surface area contributed by atoms with Gasteiger partial charge in [-0.3, -0.25) is 0 Å². The van der Waals surface area contributed by atoms with Gasteiger partial charge in [-0.25, -0.2) is 0 Å². The van der Waals surface area contributed by atoms with E-state index in [4.69, 9.17) is 0 Å². The lowest BCUT2D eigenvalue weighted by Gasteiger charge is -2.08. The molecular weight excluding hydrogens is 288 g/mol. The van der Waals surface area contributed by atoms with Crippen molar-refractivity contribution >= 4 is 22.7 Å². The third-order valence-electron chi connectivity index (χ3n) is 4.48. The Balaban J connectivity index is 1.80. The first-order valence-corrected chi connectivity index (χ1v) is 9.05. The number of aromatic nitrogens is 1. The maximum Gasteiger partial charge on any atom is 0.0489 e. The average molecular weight is 308 g/mol. The van der Waals surface area contributed by atoms with Crippen LogP contribution in [0.15, 0.2) is 53.4 Å². The van der Waals surface area contributed by atoms with Gasteiger partial charge < -0.3 is 9.88 Å². The van der Waals surface area contributed by atoms with E-state index in [0.29, 0.717) is 0 Å². The second-order valence-electron chi connectivity index (χ2n) is 5.79. The zero-order valence-corrected chi connectivity index (χ0v) is 13.6. The van der Waals surface area contributed by atoms with E-state index in [1.807, 2.05) is 0 Å². The Hall–Kier alpha value is -1.71. The second-order valence-corrected chi connectivity index (χ2v) is 6.67.